The highest BCUT2D eigenvalue weighted by Gasteiger charge is 2.20. The van der Waals surface area contributed by atoms with Crippen LogP contribution in [0.3, 0.4) is 0 Å². The van der Waals surface area contributed by atoms with Crippen molar-refractivity contribution in [2.45, 2.75) is 18.6 Å². The molecule has 0 radical (unpaired) electrons. The molecule has 0 saturated carbocycles. The molecule has 4 aromatic rings. The largest absolute Gasteiger partial charge is 0.288 e. The fourth-order valence-corrected chi connectivity index (χ4v) is 5.66. The van der Waals surface area contributed by atoms with Gasteiger partial charge < -0.3 is 0 Å². The average Bonchev–Trinajstić information content (AvgIpc) is 3.36. The number of carbonyl (C=O) groups is 1. The minimum absolute atomic E-state index is 0.0674. The Morgan fingerprint density at radius 1 is 1.31 bits per heavy atom. The summed E-state index contributed by atoms with van der Waals surface area (Å²) >= 11 is 4.19. The van der Waals surface area contributed by atoms with Gasteiger partial charge in [-0.2, -0.15) is 0 Å². The van der Waals surface area contributed by atoms with E-state index in [4.69, 9.17) is 0 Å². The lowest BCUT2D eigenvalue weighted by Crippen LogP contribution is -2.32. The van der Waals surface area contributed by atoms with Gasteiger partial charge in [-0.3, -0.25) is 19.1 Å². The molecule has 4 rings (SSSR count). The van der Waals surface area contributed by atoms with Gasteiger partial charge in [0.2, 0.25) is 5.91 Å². The van der Waals surface area contributed by atoms with Crippen LogP contribution in [0, 0.1) is 0 Å². The number of hydrogen-bond donors (Lipinski definition) is 0. The lowest BCUT2D eigenvalue weighted by atomic mass is 10.3. The monoisotopic (exact) mass is 442 g/mol. The zero-order valence-electron chi connectivity index (χ0n) is 15.7. The Kier molecular flexibility index (Phi) is 5.79. The summed E-state index contributed by atoms with van der Waals surface area (Å²) in [7, 11) is 0. The van der Waals surface area contributed by atoms with Crippen LogP contribution in [-0.4, -0.2) is 32.7 Å². The fourth-order valence-electron chi connectivity index (χ4n) is 2.93. The first-order valence-corrected chi connectivity index (χ1v) is 11.7. The molecule has 0 fully saturated rings. The van der Waals surface area contributed by atoms with Gasteiger partial charge in [0.25, 0.3) is 5.56 Å². The van der Waals surface area contributed by atoms with E-state index >= 15 is 0 Å². The quantitative estimate of drug-likeness (QED) is 0.241. The van der Waals surface area contributed by atoms with Crippen molar-refractivity contribution in [1.82, 2.24) is 14.5 Å². The molecule has 0 atom stereocenters. The fraction of sp³-hybridized carbons (Fsp3) is 0.200. The molecule has 148 valence electrons. The molecule has 3 aromatic heterocycles. The molecule has 0 aliphatic rings. The number of allylic oxidation sites excluding steroid dienone is 1. The van der Waals surface area contributed by atoms with E-state index in [1.54, 1.807) is 21.6 Å². The number of fused-ring (bicyclic) bond motifs is 2. The van der Waals surface area contributed by atoms with Crippen molar-refractivity contribution in [2.24, 2.45) is 0 Å². The normalized spacial score (nSPS) is 11.2. The molecular formula is C20H18N4O2S3. The maximum atomic E-state index is 12.9. The van der Waals surface area contributed by atoms with Gasteiger partial charge in [0.05, 0.1) is 21.4 Å². The second-order valence-electron chi connectivity index (χ2n) is 6.13. The molecule has 0 bridgehead atoms. The van der Waals surface area contributed by atoms with Gasteiger partial charge in [-0.1, -0.05) is 41.3 Å². The van der Waals surface area contributed by atoms with Crippen LogP contribution in [0.1, 0.15) is 6.92 Å². The van der Waals surface area contributed by atoms with Gasteiger partial charge in [0.15, 0.2) is 10.3 Å². The average molecular weight is 443 g/mol. The zero-order chi connectivity index (χ0) is 20.4. The number of thioether (sulfide) groups is 1. The third-order valence-electron chi connectivity index (χ3n) is 4.32. The molecule has 0 saturated heterocycles. The minimum Gasteiger partial charge on any atom is -0.288 e. The number of nitrogens with zero attached hydrogens (tertiary/aromatic N) is 4. The molecule has 1 aromatic carbocycles. The number of para-hydroxylation sites is 1. The van der Waals surface area contributed by atoms with Crippen molar-refractivity contribution >= 4 is 65.9 Å². The van der Waals surface area contributed by atoms with Crippen LogP contribution in [0.5, 0.6) is 0 Å². The van der Waals surface area contributed by atoms with Crippen molar-refractivity contribution in [1.29, 1.82) is 0 Å². The van der Waals surface area contributed by atoms with Gasteiger partial charge >= 0.3 is 0 Å². The van der Waals surface area contributed by atoms with Gasteiger partial charge in [-0.05, 0) is 30.5 Å². The molecule has 6 nitrogen and oxygen atoms in total. The highest BCUT2D eigenvalue weighted by molar-refractivity contribution is 7.99. The first-order chi connectivity index (χ1) is 14.1. The van der Waals surface area contributed by atoms with E-state index < -0.39 is 0 Å². The predicted molar refractivity (Wildman–Crippen MR) is 122 cm³/mol. The van der Waals surface area contributed by atoms with Crippen LogP contribution in [0.4, 0.5) is 5.13 Å². The molecule has 3 heterocycles. The number of thiazole rings is 1. The van der Waals surface area contributed by atoms with E-state index in [-0.39, 0.29) is 17.2 Å². The van der Waals surface area contributed by atoms with E-state index in [0.717, 1.165) is 10.2 Å². The number of rotatable bonds is 7. The van der Waals surface area contributed by atoms with E-state index in [2.05, 4.69) is 16.5 Å². The molecule has 0 N–H and O–H groups in total. The van der Waals surface area contributed by atoms with Crippen molar-refractivity contribution < 1.29 is 4.79 Å². The van der Waals surface area contributed by atoms with Crippen molar-refractivity contribution in [2.75, 3.05) is 17.2 Å². The topological polar surface area (TPSA) is 68.1 Å². The summed E-state index contributed by atoms with van der Waals surface area (Å²) in [5.74, 6) is 0.103. The minimum atomic E-state index is -0.107. The molecule has 29 heavy (non-hydrogen) atoms. The van der Waals surface area contributed by atoms with Crippen molar-refractivity contribution in [3.8, 4) is 0 Å². The summed E-state index contributed by atoms with van der Waals surface area (Å²) < 4.78 is 2.61. The summed E-state index contributed by atoms with van der Waals surface area (Å²) in [4.78, 5) is 37.2. The molecule has 0 unspecified atom stereocenters. The summed E-state index contributed by atoms with van der Waals surface area (Å²) in [5, 5.41) is 3.66. The Morgan fingerprint density at radius 2 is 2.14 bits per heavy atom. The van der Waals surface area contributed by atoms with Crippen molar-refractivity contribution in [3.05, 3.63) is 58.7 Å². The van der Waals surface area contributed by atoms with Crippen LogP contribution in [-0.2, 0) is 11.3 Å². The number of amides is 1. The highest BCUT2D eigenvalue weighted by atomic mass is 32.2. The summed E-state index contributed by atoms with van der Waals surface area (Å²) in [6, 6.07) is 9.61. The van der Waals surface area contributed by atoms with Gasteiger partial charge in [-0.25, -0.2) is 9.97 Å². The zero-order valence-corrected chi connectivity index (χ0v) is 18.1. The third kappa shape index (κ3) is 3.85. The molecule has 0 aliphatic carbocycles. The summed E-state index contributed by atoms with van der Waals surface area (Å²) in [6.45, 7) is 6.53. The van der Waals surface area contributed by atoms with Gasteiger partial charge in [0.1, 0.15) is 4.83 Å². The molecular weight excluding hydrogens is 424 g/mol. The Labute approximate surface area is 179 Å². The van der Waals surface area contributed by atoms with E-state index in [1.807, 2.05) is 36.6 Å². The Balaban J connectivity index is 1.59. The van der Waals surface area contributed by atoms with E-state index in [0.29, 0.717) is 33.6 Å². The van der Waals surface area contributed by atoms with Crippen molar-refractivity contribution in [3.63, 3.8) is 0 Å². The maximum absolute atomic E-state index is 12.9. The first kappa shape index (κ1) is 19.8. The smallest absolute Gasteiger partial charge is 0.263 e. The third-order valence-corrected chi connectivity index (χ3v) is 7.14. The van der Waals surface area contributed by atoms with Crippen LogP contribution < -0.4 is 10.5 Å². The summed E-state index contributed by atoms with van der Waals surface area (Å²) in [6.07, 6.45) is 1.66. The highest BCUT2D eigenvalue weighted by Crippen LogP contribution is 2.29. The van der Waals surface area contributed by atoms with Crippen LogP contribution in [0.15, 0.2) is 58.3 Å². The second kappa shape index (κ2) is 8.48. The molecule has 1 amide bonds. The number of benzene rings is 1. The maximum Gasteiger partial charge on any atom is 0.263 e. The predicted octanol–water partition coefficient (Wildman–Crippen LogP) is 4.40. The molecule has 0 aliphatic heterocycles. The second-order valence-corrected chi connectivity index (χ2v) is 8.98. The lowest BCUT2D eigenvalue weighted by molar-refractivity contribution is -0.116. The standard InChI is InChI=1S/C20H18N4O2S3/c1-3-10-24-18(26)13-9-11-27-17(13)22-19(24)28-12-16(25)23(4-2)20-21-14-7-5-6-8-15(14)29-20/h3,5-9,11H,1,4,10,12H2,2H3. The van der Waals surface area contributed by atoms with Crippen LogP contribution in [0.25, 0.3) is 20.4 Å². The number of aromatic nitrogens is 3. The summed E-state index contributed by atoms with van der Waals surface area (Å²) in [5.41, 5.74) is 0.778. The Bertz CT molecular complexity index is 1220. The number of carbonyl (C=O) groups excluding carboxylic acids is 1. The van der Waals surface area contributed by atoms with E-state index in [9.17, 15) is 9.59 Å². The number of anilines is 1. The lowest BCUT2D eigenvalue weighted by Gasteiger charge is -2.17. The molecule has 0 spiro atoms. The van der Waals surface area contributed by atoms with Gasteiger partial charge in [0, 0.05) is 13.1 Å². The molecule has 9 heteroatoms. The van der Waals surface area contributed by atoms with Gasteiger partial charge in [-0.15, -0.1) is 17.9 Å². The van der Waals surface area contributed by atoms with Crippen LogP contribution >= 0.6 is 34.4 Å². The number of thiophene rings is 1. The number of hydrogen-bond acceptors (Lipinski definition) is 7. The SMILES string of the molecule is C=CCn1c(SCC(=O)N(CC)c2nc3ccccc3s2)nc2sccc2c1=O. The Hall–Kier alpha value is -2.49. The van der Waals surface area contributed by atoms with E-state index in [1.165, 1.54) is 34.4 Å². The van der Waals surface area contributed by atoms with Crippen LogP contribution in [0.2, 0.25) is 0 Å². The Morgan fingerprint density at radius 3 is 2.90 bits per heavy atom. The first-order valence-electron chi connectivity index (χ1n) is 9.00.